The predicted octanol–water partition coefficient (Wildman–Crippen LogP) is 5.21. The molecule has 2 aliphatic heterocycles. The number of hydroxylamine groups is 2. The van der Waals surface area contributed by atoms with Gasteiger partial charge in [0.1, 0.15) is 11.5 Å². The average Bonchev–Trinajstić information content (AvgIpc) is 3.31. The zero-order chi connectivity index (χ0) is 22.1. The van der Waals surface area contributed by atoms with Crippen molar-refractivity contribution < 1.29 is 14.3 Å². The second-order valence-corrected chi connectivity index (χ2v) is 10.9. The molecule has 0 N–H and O–H groups in total. The summed E-state index contributed by atoms with van der Waals surface area (Å²) in [5, 5.41) is 2.31. The van der Waals surface area contributed by atoms with Crippen molar-refractivity contribution >= 4 is 5.69 Å². The molecule has 0 unspecified atom stereocenters. The van der Waals surface area contributed by atoms with Gasteiger partial charge in [0, 0.05) is 18.7 Å². The molecule has 5 nitrogen and oxygen atoms in total. The highest BCUT2D eigenvalue weighted by molar-refractivity contribution is 5.52. The van der Waals surface area contributed by atoms with Crippen LogP contribution < -0.4 is 14.4 Å². The lowest BCUT2D eigenvalue weighted by molar-refractivity contribution is -0.285. The van der Waals surface area contributed by atoms with E-state index in [1.165, 1.54) is 30.5 Å². The molecule has 170 valence electrons. The summed E-state index contributed by atoms with van der Waals surface area (Å²) in [5.74, 6) is 3.29. The molecule has 2 aromatic carbocycles. The van der Waals surface area contributed by atoms with Crippen molar-refractivity contribution in [3.63, 3.8) is 0 Å². The van der Waals surface area contributed by atoms with E-state index in [0.29, 0.717) is 11.3 Å². The Morgan fingerprint density at radius 1 is 1.00 bits per heavy atom. The van der Waals surface area contributed by atoms with Gasteiger partial charge in [0.15, 0.2) is 0 Å². The number of ether oxygens (including phenoxy) is 2. The summed E-state index contributed by atoms with van der Waals surface area (Å²) in [6, 6.07) is 17.0. The molecule has 2 heterocycles. The second kappa shape index (κ2) is 6.88. The standard InChI is InChI=1S/C27H34N2O3/c1-25(2)19-12-13-27(24(25)15-19)16-26(20-6-5-7-23(14-20)31-4)17-28(18-29(26)32-27)21-8-10-22(30-3)11-9-21/h5-11,14,19,24H,12-13,15-18H2,1-4H3/t19-,24-,26+,27+/m0/s1. The quantitative estimate of drug-likeness (QED) is 0.660. The number of benzene rings is 2. The molecule has 2 saturated heterocycles. The fourth-order valence-electron chi connectivity index (χ4n) is 7.27. The zero-order valence-corrected chi connectivity index (χ0v) is 19.6. The van der Waals surface area contributed by atoms with Crippen molar-refractivity contribution in [2.24, 2.45) is 17.3 Å². The van der Waals surface area contributed by atoms with E-state index in [1.54, 1.807) is 14.2 Å². The Morgan fingerprint density at radius 2 is 1.78 bits per heavy atom. The molecular weight excluding hydrogens is 400 g/mol. The van der Waals surface area contributed by atoms with E-state index in [-0.39, 0.29) is 11.1 Å². The van der Waals surface area contributed by atoms with Crippen LogP contribution in [-0.4, -0.2) is 38.1 Å². The van der Waals surface area contributed by atoms with Crippen LogP contribution in [-0.2, 0) is 10.4 Å². The van der Waals surface area contributed by atoms with Gasteiger partial charge in [-0.3, -0.25) is 4.84 Å². The maximum absolute atomic E-state index is 7.05. The van der Waals surface area contributed by atoms with Crippen molar-refractivity contribution in [1.82, 2.24) is 5.06 Å². The third-order valence-electron chi connectivity index (χ3n) is 9.18. The highest BCUT2D eigenvalue weighted by atomic mass is 16.7. The van der Waals surface area contributed by atoms with Gasteiger partial charge in [0.05, 0.1) is 32.0 Å². The second-order valence-electron chi connectivity index (χ2n) is 10.9. The lowest BCUT2D eigenvalue weighted by atomic mass is 9.43. The summed E-state index contributed by atoms with van der Waals surface area (Å²) in [5.41, 5.74) is 2.65. The van der Waals surface area contributed by atoms with Gasteiger partial charge < -0.3 is 14.4 Å². The first-order valence-corrected chi connectivity index (χ1v) is 11.9. The third-order valence-corrected chi connectivity index (χ3v) is 9.18. The van der Waals surface area contributed by atoms with Gasteiger partial charge in [-0.05, 0) is 78.5 Å². The Morgan fingerprint density at radius 3 is 2.47 bits per heavy atom. The van der Waals surface area contributed by atoms with Crippen LogP contribution >= 0.6 is 0 Å². The average molecular weight is 435 g/mol. The van der Waals surface area contributed by atoms with Crippen LogP contribution in [0.4, 0.5) is 5.69 Å². The molecule has 0 amide bonds. The molecule has 1 spiro atoms. The van der Waals surface area contributed by atoms with Crippen LogP contribution in [0.15, 0.2) is 48.5 Å². The fourth-order valence-corrected chi connectivity index (χ4v) is 7.27. The van der Waals surface area contributed by atoms with Crippen LogP contribution in [0.2, 0.25) is 0 Å². The third kappa shape index (κ3) is 2.70. The molecule has 5 aliphatic rings. The van der Waals surface area contributed by atoms with E-state index in [0.717, 1.165) is 37.1 Å². The molecule has 0 aromatic heterocycles. The highest BCUT2D eigenvalue weighted by Crippen LogP contribution is 2.69. The van der Waals surface area contributed by atoms with Gasteiger partial charge >= 0.3 is 0 Å². The number of hydrogen-bond donors (Lipinski definition) is 0. The van der Waals surface area contributed by atoms with E-state index >= 15 is 0 Å². The number of methoxy groups -OCH3 is 2. The van der Waals surface area contributed by atoms with E-state index in [4.69, 9.17) is 14.3 Å². The first kappa shape index (κ1) is 20.4. The Bertz CT molecular complexity index is 1020. The summed E-state index contributed by atoms with van der Waals surface area (Å²) in [6.45, 7) is 6.59. The van der Waals surface area contributed by atoms with Crippen molar-refractivity contribution in [3.05, 3.63) is 54.1 Å². The number of rotatable bonds is 4. The minimum Gasteiger partial charge on any atom is -0.497 e. The molecule has 4 atom stereocenters. The number of nitrogens with zero attached hydrogens (tertiary/aromatic N) is 2. The van der Waals surface area contributed by atoms with Gasteiger partial charge in [-0.2, -0.15) is 5.06 Å². The first-order valence-electron chi connectivity index (χ1n) is 11.9. The molecule has 3 saturated carbocycles. The van der Waals surface area contributed by atoms with Crippen molar-refractivity contribution in [2.75, 3.05) is 32.3 Å². The Kier molecular flexibility index (Phi) is 4.38. The van der Waals surface area contributed by atoms with Gasteiger partial charge in [0.25, 0.3) is 0 Å². The van der Waals surface area contributed by atoms with E-state index in [9.17, 15) is 0 Å². The maximum atomic E-state index is 7.05. The molecule has 7 rings (SSSR count). The largest absolute Gasteiger partial charge is 0.497 e. The van der Waals surface area contributed by atoms with Gasteiger partial charge in [-0.15, -0.1) is 0 Å². The topological polar surface area (TPSA) is 34.2 Å². The fraction of sp³-hybridized carbons (Fsp3) is 0.556. The normalized spacial score (nSPS) is 34.9. The molecule has 2 bridgehead atoms. The summed E-state index contributed by atoms with van der Waals surface area (Å²) < 4.78 is 11.0. The van der Waals surface area contributed by atoms with Crippen LogP contribution in [0.5, 0.6) is 11.5 Å². The number of hydrogen-bond acceptors (Lipinski definition) is 5. The summed E-state index contributed by atoms with van der Waals surface area (Å²) in [6.07, 6.45) is 4.82. The van der Waals surface area contributed by atoms with E-state index in [2.05, 4.69) is 54.1 Å². The molecular formula is C27H34N2O3. The smallest absolute Gasteiger partial charge is 0.119 e. The Labute approximate surface area is 191 Å². The minimum atomic E-state index is -0.174. The monoisotopic (exact) mass is 434 g/mol. The van der Waals surface area contributed by atoms with Gasteiger partial charge in [-0.25, -0.2) is 0 Å². The summed E-state index contributed by atoms with van der Waals surface area (Å²) in [4.78, 5) is 9.49. The molecule has 5 heteroatoms. The van der Waals surface area contributed by atoms with Crippen molar-refractivity contribution in [3.8, 4) is 11.5 Å². The van der Waals surface area contributed by atoms with Crippen LogP contribution in [0.25, 0.3) is 0 Å². The van der Waals surface area contributed by atoms with Crippen LogP contribution in [0.1, 0.15) is 45.1 Å². The predicted molar refractivity (Wildman–Crippen MR) is 125 cm³/mol. The van der Waals surface area contributed by atoms with Gasteiger partial charge in [-0.1, -0.05) is 26.0 Å². The highest BCUT2D eigenvalue weighted by Gasteiger charge is 2.69. The minimum absolute atomic E-state index is 0.0483. The van der Waals surface area contributed by atoms with E-state index in [1.807, 2.05) is 18.2 Å². The number of fused-ring (bicyclic) bond motifs is 2. The zero-order valence-electron chi connectivity index (χ0n) is 19.6. The molecule has 0 radical (unpaired) electrons. The summed E-state index contributed by atoms with van der Waals surface area (Å²) >= 11 is 0. The Balaban J connectivity index is 1.38. The molecule has 32 heavy (non-hydrogen) atoms. The molecule has 5 fully saturated rings. The molecule has 3 aliphatic carbocycles. The lowest BCUT2D eigenvalue weighted by Crippen LogP contribution is -2.62. The number of anilines is 1. The van der Waals surface area contributed by atoms with Crippen LogP contribution in [0.3, 0.4) is 0 Å². The summed E-state index contributed by atoms with van der Waals surface area (Å²) in [7, 11) is 3.46. The van der Waals surface area contributed by atoms with Gasteiger partial charge in [0.2, 0.25) is 0 Å². The lowest BCUT2D eigenvalue weighted by Gasteiger charge is -2.63. The van der Waals surface area contributed by atoms with Crippen molar-refractivity contribution in [1.29, 1.82) is 0 Å². The SMILES string of the molecule is COc1ccc(N2CN3O[C@]4(CC[C@H]5C[C@H]4C5(C)C)C[C@]3(c3cccc(OC)c3)C2)cc1. The molecule has 2 aromatic rings. The van der Waals surface area contributed by atoms with Crippen LogP contribution in [0, 0.1) is 17.3 Å². The van der Waals surface area contributed by atoms with Crippen molar-refractivity contribution in [2.45, 2.75) is 50.7 Å². The first-order chi connectivity index (χ1) is 15.4. The van der Waals surface area contributed by atoms with E-state index < -0.39 is 0 Å². The maximum Gasteiger partial charge on any atom is 0.119 e. The Hall–Kier alpha value is -2.24.